The molecular weight excluding hydrogens is 176 g/mol. The van der Waals surface area contributed by atoms with Crippen LogP contribution in [0.2, 0.25) is 0 Å². The molecule has 0 aliphatic carbocycles. The first kappa shape index (κ1) is 10.5. The predicted octanol–water partition coefficient (Wildman–Crippen LogP) is 1.95. The molecule has 1 rings (SSSR count). The molecule has 0 aliphatic rings. The van der Waals surface area contributed by atoms with Gasteiger partial charge in [-0.1, -0.05) is 19.8 Å². The Balaban J connectivity index is 2.39. The Bertz CT molecular complexity index is 316. The minimum atomic E-state index is 0.401. The van der Waals surface area contributed by atoms with Crippen LogP contribution < -0.4 is 5.32 Å². The first-order valence-electron chi connectivity index (χ1n) is 4.84. The zero-order chi connectivity index (χ0) is 10.2. The third kappa shape index (κ3) is 3.40. The number of anilines is 1. The van der Waals surface area contributed by atoms with Crippen molar-refractivity contribution in [3.63, 3.8) is 0 Å². The van der Waals surface area contributed by atoms with Crippen LogP contribution in [0.15, 0.2) is 12.3 Å². The van der Waals surface area contributed by atoms with Gasteiger partial charge in [0, 0.05) is 12.7 Å². The van der Waals surface area contributed by atoms with Crippen LogP contribution in [-0.4, -0.2) is 16.5 Å². The summed E-state index contributed by atoms with van der Waals surface area (Å²) in [6.07, 6.45) is 5.09. The van der Waals surface area contributed by atoms with Gasteiger partial charge >= 0.3 is 0 Å². The summed E-state index contributed by atoms with van der Waals surface area (Å²) in [5, 5.41) is 11.7. The highest BCUT2D eigenvalue weighted by atomic mass is 15.1. The van der Waals surface area contributed by atoms with Gasteiger partial charge in [-0.2, -0.15) is 5.26 Å². The van der Waals surface area contributed by atoms with E-state index in [1.54, 1.807) is 12.3 Å². The second kappa shape index (κ2) is 5.92. The molecule has 0 spiro atoms. The molecule has 1 heterocycles. The molecule has 0 fully saturated rings. The van der Waals surface area contributed by atoms with E-state index in [0.29, 0.717) is 11.6 Å². The topological polar surface area (TPSA) is 61.6 Å². The van der Waals surface area contributed by atoms with Crippen LogP contribution in [0.3, 0.4) is 0 Å². The normalized spacial score (nSPS) is 9.43. The Morgan fingerprint density at radius 1 is 1.50 bits per heavy atom. The minimum Gasteiger partial charge on any atom is -0.354 e. The maximum Gasteiger partial charge on any atom is 0.223 e. The lowest BCUT2D eigenvalue weighted by molar-refractivity contribution is 0.740. The van der Waals surface area contributed by atoms with Crippen LogP contribution >= 0.6 is 0 Å². The van der Waals surface area contributed by atoms with E-state index in [1.165, 1.54) is 12.8 Å². The maximum atomic E-state index is 8.60. The number of rotatable bonds is 5. The van der Waals surface area contributed by atoms with Gasteiger partial charge in [-0.3, -0.25) is 0 Å². The fourth-order valence-corrected chi connectivity index (χ4v) is 1.08. The average molecular weight is 190 g/mol. The van der Waals surface area contributed by atoms with Crippen molar-refractivity contribution in [3.8, 4) is 6.07 Å². The van der Waals surface area contributed by atoms with Gasteiger partial charge in [0.25, 0.3) is 0 Å². The SMILES string of the molecule is CCCCCNc1nccc(C#N)n1. The van der Waals surface area contributed by atoms with Crippen LogP contribution in [0.5, 0.6) is 0 Å². The van der Waals surface area contributed by atoms with Gasteiger partial charge in [0.15, 0.2) is 0 Å². The monoisotopic (exact) mass is 190 g/mol. The second-order valence-corrected chi connectivity index (χ2v) is 3.01. The molecule has 0 atom stereocenters. The summed E-state index contributed by atoms with van der Waals surface area (Å²) in [5.74, 6) is 0.542. The minimum absolute atomic E-state index is 0.401. The van der Waals surface area contributed by atoms with Gasteiger partial charge < -0.3 is 5.32 Å². The molecule has 74 valence electrons. The first-order chi connectivity index (χ1) is 6.86. The van der Waals surface area contributed by atoms with Gasteiger partial charge in [0.1, 0.15) is 11.8 Å². The van der Waals surface area contributed by atoms with E-state index in [2.05, 4.69) is 22.2 Å². The van der Waals surface area contributed by atoms with Crippen LogP contribution in [0.25, 0.3) is 0 Å². The molecule has 4 heteroatoms. The first-order valence-corrected chi connectivity index (χ1v) is 4.84. The highest BCUT2D eigenvalue weighted by Crippen LogP contribution is 2.00. The van der Waals surface area contributed by atoms with Crippen molar-refractivity contribution in [2.75, 3.05) is 11.9 Å². The fraction of sp³-hybridized carbons (Fsp3) is 0.500. The molecule has 0 bridgehead atoms. The number of nitrogens with one attached hydrogen (secondary N) is 1. The molecule has 1 N–H and O–H groups in total. The van der Waals surface area contributed by atoms with Crippen LogP contribution in [-0.2, 0) is 0 Å². The number of unbranched alkanes of at least 4 members (excludes halogenated alkanes) is 2. The number of hydrogen-bond acceptors (Lipinski definition) is 4. The fourth-order valence-electron chi connectivity index (χ4n) is 1.08. The third-order valence-corrected chi connectivity index (χ3v) is 1.83. The van der Waals surface area contributed by atoms with Gasteiger partial charge in [-0.15, -0.1) is 0 Å². The molecule has 4 nitrogen and oxygen atoms in total. The quantitative estimate of drug-likeness (QED) is 0.721. The van der Waals surface area contributed by atoms with Crippen molar-refractivity contribution in [2.24, 2.45) is 0 Å². The van der Waals surface area contributed by atoms with Gasteiger partial charge in [-0.05, 0) is 12.5 Å². The number of aromatic nitrogens is 2. The van der Waals surface area contributed by atoms with E-state index in [4.69, 9.17) is 5.26 Å². The summed E-state index contributed by atoms with van der Waals surface area (Å²) >= 11 is 0. The predicted molar refractivity (Wildman–Crippen MR) is 54.8 cm³/mol. The lowest BCUT2D eigenvalue weighted by Gasteiger charge is -2.02. The van der Waals surface area contributed by atoms with Crippen molar-refractivity contribution in [3.05, 3.63) is 18.0 Å². The molecule has 1 aromatic rings. The zero-order valence-electron chi connectivity index (χ0n) is 8.32. The van der Waals surface area contributed by atoms with Crippen molar-refractivity contribution < 1.29 is 0 Å². The average Bonchev–Trinajstić information content (AvgIpc) is 2.25. The summed E-state index contributed by atoms with van der Waals surface area (Å²) < 4.78 is 0. The molecular formula is C10H14N4. The largest absolute Gasteiger partial charge is 0.354 e. The summed E-state index contributed by atoms with van der Waals surface area (Å²) in [7, 11) is 0. The Kier molecular flexibility index (Phi) is 4.42. The molecule has 0 amide bonds. The smallest absolute Gasteiger partial charge is 0.223 e. The van der Waals surface area contributed by atoms with Crippen LogP contribution in [0, 0.1) is 11.3 Å². The van der Waals surface area contributed by atoms with Crippen molar-refractivity contribution >= 4 is 5.95 Å². The van der Waals surface area contributed by atoms with Crippen molar-refractivity contribution in [2.45, 2.75) is 26.2 Å². The summed E-state index contributed by atoms with van der Waals surface area (Å²) in [6, 6.07) is 3.57. The number of nitrogens with zero attached hydrogens (tertiary/aromatic N) is 3. The number of hydrogen-bond donors (Lipinski definition) is 1. The van der Waals surface area contributed by atoms with E-state index in [-0.39, 0.29) is 0 Å². The molecule has 0 saturated heterocycles. The highest BCUT2D eigenvalue weighted by molar-refractivity contribution is 5.29. The highest BCUT2D eigenvalue weighted by Gasteiger charge is 1.96. The second-order valence-electron chi connectivity index (χ2n) is 3.01. The molecule has 0 aliphatic heterocycles. The summed E-state index contributed by atoms with van der Waals surface area (Å²) in [5.41, 5.74) is 0.401. The standard InChI is InChI=1S/C10H14N4/c1-2-3-4-6-12-10-13-7-5-9(8-11)14-10/h5,7H,2-4,6H2,1H3,(H,12,13,14). The van der Waals surface area contributed by atoms with Gasteiger partial charge in [0.2, 0.25) is 5.95 Å². The van der Waals surface area contributed by atoms with Crippen molar-refractivity contribution in [1.82, 2.24) is 9.97 Å². The van der Waals surface area contributed by atoms with E-state index < -0.39 is 0 Å². The lowest BCUT2D eigenvalue weighted by atomic mass is 10.2. The van der Waals surface area contributed by atoms with E-state index in [0.717, 1.165) is 13.0 Å². The van der Waals surface area contributed by atoms with Crippen LogP contribution in [0.1, 0.15) is 31.9 Å². The zero-order valence-corrected chi connectivity index (χ0v) is 8.32. The third-order valence-electron chi connectivity index (χ3n) is 1.83. The molecule has 0 saturated carbocycles. The van der Waals surface area contributed by atoms with Gasteiger partial charge in [-0.25, -0.2) is 9.97 Å². The molecule has 0 radical (unpaired) electrons. The van der Waals surface area contributed by atoms with Crippen molar-refractivity contribution in [1.29, 1.82) is 5.26 Å². The Labute approximate surface area is 84.0 Å². The Morgan fingerprint density at radius 3 is 3.07 bits per heavy atom. The summed E-state index contributed by atoms with van der Waals surface area (Å²) in [4.78, 5) is 8.02. The Hall–Kier alpha value is -1.63. The molecule has 1 aromatic heterocycles. The van der Waals surface area contributed by atoms with E-state index >= 15 is 0 Å². The van der Waals surface area contributed by atoms with Gasteiger partial charge in [0.05, 0.1) is 0 Å². The molecule has 0 aromatic carbocycles. The Morgan fingerprint density at radius 2 is 2.36 bits per heavy atom. The molecule has 14 heavy (non-hydrogen) atoms. The lowest BCUT2D eigenvalue weighted by Crippen LogP contribution is -2.05. The van der Waals surface area contributed by atoms with E-state index in [1.807, 2.05) is 6.07 Å². The number of nitriles is 1. The maximum absolute atomic E-state index is 8.60. The summed E-state index contributed by atoms with van der Waals surface area (Å²) in [6.45, 7) is 3.02. The van der Waals surface area contributed by atoms with Crippen LogP contribution in [0.4, 0.5) is 5.95 Å². The molecule has 0 unspecified atom stereocenters. The van der Waals surface area contributed by atoms with E-state index in [9.17, 15) is 0 Å².